The van der Waals surface area contributed by atoms with Gasteiger partial charge in [-0.2, -0.15) is 0 Å². The summed E-state index contributed by atoms with van der Waals surface area (Å²) in [4.78, 5) is 13.7. The summed E-state index contributed by atoms with van der Waals surface area (Å²) >= 11 is 0. The first-order chi connectivity index (χ1) is 37.0. The maximum absolute atomic E-state index is 13.7. The number of carbonyl (C=O) groups is 1. The molecule has 16 nitrogen and oxygen atoms in total. The van der Waals surface area contributed by atoms with Gasteiger partial charge in [0.1, 0.15) is 0 Å². The molecule has 6 aliphatic rings. The molecule has 0 aliphatic carbocycles. The minimum Gasteiger partial charge on any atom is -0.462 e. The number of hydrogen-bond acceptors (Lipinski definition) is 16. The topological polar surface area (TPSA) is 189 Å². The summed E-state index contributed by atoms with van der Waals surface area (Å²) in [7, 11) is -38.5. The molecule has 0 unspecified atom stereocenters. The van der Waals surface area contributed by atoms with Crippen molar-refractivity contribution in [2.45, 2.75) is 12.5 Å². The molecule has 6 saturated heterocycles. The Balaban J connectivity index is 1.14. The normalized spacial score (nSPS) is 31.3. The Bertz CT molecular complexity index is 3090. The third-order valence-electron chi connectivity index (χ3n) is 13.3. The van der Waals surface area contributed by atoms with Gasteiger partial charge < -0.3 is 65.6 Å². The number of benzene rings is 8. The standard InChI is InChI=1S/C52H48N2O14Si8/c53-43-39-42(40-44(54)41-43)52(55)56-37-22-38-69-57-70(45-23-8-1-9-24-45)60-73(48-29-14-4-15-30-48)62-71(58-69,46-25-10-2-11-26-46)64-75(50-33-18-6-19-34-50)65-72(59-69,47-27-12-3-13-28-47)63-74(61-70,49-31-16-5-17-32-49)67-76(66-73,68-75)51-35-20-7-21-36-51/h1-21,23-36,39-41H,22,37-38,53-54H2. The lowest BCUT2D eigenvalue weighted by atomic mass is 10.2. The molecule has 382 valence electrons. The third-order valence-corrected chi connectivity index (χ3v) is 47.8. The van der Waals surface area contributed by atoms with Gasteiger partial charge in [-0.1, -0.05) is 212 Å². The SMILES string of the molecule is Nc1cc(N)cc(C(=O)OCCC[Si]23O[Si]4(c5ccccc5)O[Si]5(c6ccccc6)O[Si](c6ccccc6)(O2)O[Si]2(c6ccccc6)O[Si](c6ccccc6)(O3)O[Si](c3ccccc3)(O4)O[Si](c3ccccc3)(O5)O2)c1. The Kier molecular flexibility index (Phi) is 12.6. The minimum atomic E-state index is -4.83. The molecular formula is C52H48N2O14Si8. The zero-order valence-corrected chi connectivity index (χ0v) is 48.4. The van der Waals surface area contributed by atoms with Crippen LogP contribution < -0.4 is 47.8 Å². The van der Waals surface area contributed by atoms with Gasteiger partial charge in [0, 0.05) is 53.7 Å². The Hall–Kier alpha value is -5.91. The number of ether oxygens (including phenoxy) is 1. The Morgan fingerprint density at radius 1 is 0.329 bits per heavy atom. The van der Waals surface area contributed by atoms with Gasteiger partial charge in [-0.05, 0) is 24.6 Å². The van der Waals surface area contributed by atoms with Crippen molar-refractivity contribution >= 4 is 124 Å². The zero-order valence-electron chi connectivity index (χ0n) is 40.4. The van der Waals surface area contributed by atoms with Gasteiger partial charge in [-0.15, -0.1) is 0 Å². The molecule has 6 aliphatic heterocycles. The van der Waals surface area contributed by atoms with Crippen molar-refractivity contribution in [1.29, 1.82) is 0 Å². The molecule has 0 spiro atoms. The second-order valence-electron chi connectivity index (χ2n) is 18.5. The van der Waals surface area contributed by atoms with E-state index in [1.807, 2.05) is 212 Å². The van der Waals surface area contributed by atoms with Crippen molar-refractivity contribution in [2.24, 2.45) is 0 Å². The first-order valence-corrected chi connectivity index (χ1v) is 38.6. The van der Waals surface area contributed by atoms with Crippen LogP contribution in [0.5, 0.6) is 0 Å². The number of anilines is 2. The summed E-state index contributed by atoms with van der Waals surface area (Å²) in [5.74, 6) is -0.630. The maximum atomic E-state index is 13.7. The summed E-state index contributed by atoms with van der Waals surface area (Å²) in [5.41, 5.74) is 13.0. The van der Waals surface area contributed by atoms with Crippen molar-refractivity contribution < 1.29 is 58.9 Å². The molecule has 4 N–H and O–H groups in total. The lowest BCUT2D eigenvalue weighted by Crippen LogP contribution is -2.95. The van der Waals surface area contributed by atoms with Gasteiger partial charge in [-0.25, -0.2) is 4.79 Å². The van der Waals surface area contributed by atoms with Crippen molar-refractivity contribution in [1.82, 2.24) is 0 Å². The van der Waals surface area contributed by atoms with Crippen molar-refractivity contribution in [3.05, 3.63) is 236 Å². The molecule has 6 fully saturated rings. The van der Waals surface area contributed by atoms with Crippen molar-refractivity contribution in [3.63, 3.8) is 0 Å². The second-order valence-corrected chi connectivity index (χ2v) is 42.0. The summed E-state index contributed by atoms with van der Waals surface area (Å²) < 4.78 is 103. The molecule has 8 aromatic rings. The molecule has 8 bridgehead atoms. The van der Waals surface area contributed by atoms with Crippen molar-refractivity contribution in [3.8, 4) is 0 Å². The van der Waals surface area contributed by atoms with E-state index < -0.39 is 76.4 Å². The van der Waals surface area contributed by atoms with E-state index >= 15 is 0 Å². The first-order valence-electron chi connectivity index (χ1n) is 24.6. The summed E-state index contributed by atoms with van der Waals surface area (Å²) in [6.45, 7) is -0.127. The van der Waals surface area contributed by atoms with E-state index in [0.29, 0.717) is 47.7 Å². The predicted octanol–water partition coefficient (Wildman–Crippen LogP) is 3.53. The van der Waals surface area contributed by atoms with E-state index in [1.54, 1.807) is 6.07 Å². The lowest BCUT2D eigenvalue weighted by Gasteiger charge is -2.62. The highest BCUT2D eigenvalue weighted by molar-refractivity contribution is 7.13. The first kappa shape index (κ1) is 49.6. The monoisotopic (exact) mass is 1150 g/mol. The van der Waals surface area contributed by atoms with E-state index in [4.69, 9.17) is 65.6 Å². The number of hydrogen-bond donors (Lipinski definition) is 2. The average molecular weight is 1150 g/mol. The van der Waals surface area contributed by atoms with E-state index in [0.717, 1.165) is 0 Å². The molecular weight excluding hydrogens is 1100 g/mol. The fraction of sp³-hybridized carbons (Fsp3) is 0.0577. The Morgan fingerprint density at radius 2 is 0.553 bits per heavy atom. The molecule has 6 heterocycles. The van der Waals surface area contributed by atoms with Crippen LogP contribution in [0.25, 0.3) is 0 Å². The van der Waals surface area contributed by atoms with Crippen LogP contribution in [0.1, 0.15) is 16.8 Å². The molecule has 0 atom stereocenters. The molecule has 76 heavy (non-hydrogen) atoms. The molecule has 0 saturated carbocycles. The highest BCUT2D eigenvalue weighted by atomic mass is 28.6. The predicted molar refractivity (Wildman–Crippen MR) is 297 cm³/mol. The van der Waals surface area contributed by atoms with Crippen LogP contribution in [0.2, 0.25) is 6.04 Å². The maximum Gasteiger partial charge on any atom is 0.515 e. The van der Waals surface area contributed by atoms with Crippen LogP contribution in [-0.2, 0) is 54.1 Å². The van der Waals surface area contributed by atoms with Gasteiger partial charge in [0.15, 0.2) is 0 Å². The fourth-order valence-corrected chi connectivity index (χ4v) is 56.5. The zero-order chi connectivity index (χ0) is 51.5. The molecule has 14 rings (SSSR count). The number of nitrogens with two attached hydrogens (primary N) is 2. The number of esters is 1. The van der Waals surface area contributed by atoms with Gasteiger partial charge in [0.25, 0.3) is 0 Å². The highest BCUT2D eigenvalue weighted by Crippen LogP contribution is 2.49. The largest absolute Gasteiger partial charge is 0.515 e. The van der Waals surface area contributed by atoms with E-state index in [9.17, 15) is 4.79 Å². The highest BCUT2D eigenvalue weighted by Gasteiger charge is 2.86. The summed E-state index contributed by atoms with van der Waals surface area (Å²) in [6, 6.07) is 70.6. The molecule has 0 radical (unpaired) electrons. The van der Waals surface area contributed by atoms with Gasteiger partial charge in [-0.3, -0.25) is 0 Å². The molecule has 0 amide bonds. The number of rotatable bonds is 12. The average Bonchev–Trinajstić information content (AvgIpc) is 3.47. The number of nitrogen functional groups attached to an aromatic ring is 2. The van der Waals surface area contributed by atoms with Gasteiger partial charge in [0.05, 0.1) is 12.2 Å². The van der Waals surface area contributed by atoms with Gasteiger partial charge in [0.2, 0.25) is 0 Å². The van der Waals surface area contributed by atoms with Gasteiger partial charge >= 0.3 is 76.4 Å². The van der Waals surface area contributed by atoms with Crippen LogP contribution in [0.4, 0.5) is 11.4 Å². The fourth-order valence-electron chi connectivity index (χ4n) is 9.92. The second kappa shape index (κ2) is 19.2. The van der Waals surface area contributed by atoms with Crippen LogP contribution in [0.15, 0.2) is 231 Å². The number of carbonyl (C=O) groups excluding carboxylic acids is 1. The van der Waals surface area contributed by atoms with E-state index in [2.05, 4.69) is 0 Å². The molecule has 0 aromatic heterocycles. The smallest absolute Gasteiger partial charge is 0.462 e. The van der Waals surface area contributed by atoms with Crippen molar-refractivity contribution in [2.75, 3.05) is 18.1 Å². The third kappa shape index (κ3) is 8.66. The van der Waals surface area contributed by atoms with E-state index in [1.165, 1.54) is 12.1 Å². The van der Waals surface area contributed by atoms with E-state index in [-0.39, 0.29) is 24.6 Å². The van der Waals surface area contributed by atoms with Crippen LogP contribution in [0.3, 0.4) is 0 Å². The van der Waals surface area contributed by atoms with Crippen LogP contribution >= 0.6 is 0 Å². The minimum absolute atomic E-state index is 0.0405. The molecule has 8 aromatic carbocycles. The summed E-state index contributed by atoms with van der Waals surface area (Å²) in [5, 5.41) is 3.61. The van der Waals surface area contributed by atoms with Crippen LogP contribution in [0, 0.1) is 0 Å². The van der Waals surface area contributed by atoms with Crippen LogP contribution in [-0.4, -0.2) is 83.0 Å². The quantitative estimate of drug-likeness (QED) is 0.0782. The Morgan fingerprint density at radius 3 is 0.789 bits per heavy atom. The Labute approximate surface area is 447 Å². The lowest BCUT2D eigenvalue weighted by molar-refractivity contribution is -0.00749. The molecule has 24 heteroatoms. The summed E-state index contributed by atoms with van der Waals surface area (Å²) in [6.07, 6.45) is 0.116.